The van der Waals surface area contributed by atoms with Crippen LogP contribution in [0.1, 0.15) is 10.4 Å². The molecular weight excluding hydrogens is 422 g/mol. The van der Waals surface area contributed by atoms with Gasteiger partial charge in [-0.2, -0.15) is 5.10 Å². The van der Waals surface area contributed by atoms with Gasteiger partial charge in [0.05, 0.1) is 27.3 Å². The Bertz CT molecular complexity index is 1150. The van der Waals surface area contributed by atoms with Crippen molar-refractivity contribution >= 4 is 55.8 Å². The van der Waals surface area contributed by atoms with Gasteiger partial charge in [0.2, 0.25) is 0 Å². The second kappa shape index (κ2) is 7.87. The Hall–Kier alpha value is -2.48. The molecule has 0 unspecified atom stereocenters. The molecule has 0 aliphatic heterocycles. The first-order valence-electron chi connectivity index (χ1n) is 8.32. The molecular formula is C19H13Cl2FN4OS. The fraction of sp³-hybridized carbons (Fsp3) is 0.105. The van der Waals surface area contributed by atoms with Gasteiger partial charge in [-0.15, -0.1) is 0 Å². The summed E-state index contributed by atoms with van der Waals surface area (Å²) in [6, 6.07) is 10.9. The number of nitrogens with zero attached hydrogens (tertiary/aromatic N) is 4. The second-order valence-corrected chi connectivity index (χ2v) is 7.81. The highest BCUT2D eigenvalue weighted by Gasteiger charge is 2.23. The molecule has 1 amide bonds. The number of hydrogen-bond donors (Lipinski definition) is 0. The summed E-state index contributed by atoms with van der Waals surface area (Å²) in [5.74, 6) is -0.686. The van der Waals surface area contributed by atoms with Gasteiger partial charge in [-0.05, 0) is 42.5 Å². The fourth-order valence-corrected chi connectivity index (χ4v) is 4.11. The van der Waals surface area contributed by atoms with Gasteiger partial charge in [0.25, 0.3) is 5.91 Å². The molecule has 0 saturated carbocycles. The van der Waals surface area contributed by atoms with Crippen LogP contribution in [0.3, 0.4) is 0 Å². The van der Waals surface area contributed by atoms with Crippen LogP contribution in [-0.4, -0.2) is 27.2 Å². The van der Waals surface area contributed by atoms with Crippen molar-refractivity contribution in [1.29, 1.82) is 0 Å². The number of halogens is 3. The normalized spacial score (nSPS) is 11.1. The molecule has 4 rings (SSSR count). The predicted octanol–water partition coefficient (Wildman–Crippen LogP) is 5.29. The van der Waals surface area contributed by atoms with E-state index in [4.69, 9.17) is 23.2 Å². The van der Waals surface area contributed by atoms with Gasteiger partial charge in [0, 0.05) is 24.0 Å². The Balaban J connectivity index is 1.73. The molecule has 0 aliphatic carbocycles. The van der Waals surface area contributed by atoms with Gasteiger partial charge in [0.15, 0.2) is 5.13 Å². The summed E-state index contributed by atoms with van der Waals surface area (Å²) in [4.78, 5) is 19.3. The monoisotopic (exact) mass is 434 g/mol. The topological polar surface area (TPSA) is 51.0 Å². The van der Waals surface area contributed by atoms with E-state index in [9.17, 15) is 9.18 Å². The lowest BCUT2D eigenvalue weighted by Gasteiger charge is -2.20. The molecule has 2 aromatic carbocycles. The van der Waals surface area contributed by atoms with Crippen LogP contribution in [0.2, 0.25) is 10.0 Å². The summed E-state index contributed by atoms with van der Waals surface area (Å²) in [5, 5.41) is 5.32. The first-order valence-corrected chi connectivity index (χ1v) is 9.89. The molecule has 5 nitrogen and oxygen atoms in total. The molecule has 0 spiro atoms. The number of carbonyl (C=O) groups excluding carboxylic acids is 1. The molecule has 28 heavy (non-hydrogen) atoms. The second-order valence-electron chi connectivity index (χ2n) is 5.96. The predicted molar refractivity (Wildman–Crippen MR) is 110 cm³/mol. The molecule has 0 saturated heterocycles. The van der Waals surface area contributed by atoms with E-state index in [0.717, 1.165) is 0 Å². The minimum atomic E-state index is -0.352. The van der Waals surface area contributed by atoms with Crippen molar-refractivity contribution in [3.8, 4) is 0 Å². The van der Waals surface area contributed by atoms with E-state index in [1.807, 2.05) is 6.20 Å². The Morgan fingerprint density at radius 2 is 2.07 bits per heavy atom. The zero-order valence-corrected chi connectivity index (χ0v) is 16.7. The quantitative estimate of drug-likeness (QED) is 0.428. The highest BCUT2D eigenvalue weighted by Crippen LogP contribution is 2.31. The lowest BCUT2D eigenvalue weighted by molar-refractivity contribution is 0.0986. The number of amides is 1. The van der Waals surface area contributed by atoms with E-state index in [1.165, 1.54) is 34.4 Å². The summed E-state index contributed by atoms with van der Waals surface area (Å²) in [5.41, 5.74) is 0.899. The van der Waals surface area contributed by atoms with Crippen molar-refractivity contribution in [3.63, 3.8) is 0 Å². The lowest BCUT2D eigenvalue weighted by atomic mass is 10.2. The Kier molecular flexibility index (Phi) is 5.30. The number of anilines is 1. The van der Waals surface area contributed by atoms with Crippen LogP contribution < -0.4 is 4.90 Å². The van der Waals surface area contributed by atoms with E-state index in [-0.39, 0.29) is 17.3 Å². The van der Waals surface area contributed by atoms with Gasteiger partial charge in [-0.3, -0.25) is 14.4 Å². The van der Waals surface area contributed by atoms with Gasteiger partial charge in [0.1, 0.15) is 5.82 Å². The van der Waals surface area contributed by atoms with E-state index in [2.05, 4.69) is 10.1 Å². The molecule has 0 bridgehead atoms. The third-order valence-corrected chi connectivity index (χ3v) is 5.69. The van der Waals surface area contributed by atoms with E-state index in [1.54, 1.807) is 35.1 Å². The Morgan fingerprint density at radius 1 is 1.21 bits per heavy atom. The lowest BCUT2D eigenvalue weighted by Crippen LogP contribution is -2.34. The summed E-state index contributed by atoms with van der Waals surface area (Å²) in [6.07, 6.45) is 3.48. The van der Waals surface area contributed by atoms with Crippen LogP contribution in [0.25, 0.3) is 10.2 Å². The number of thiazole rings is 1. The number of benzene rings is 2. The molecule has 2 aromatic heterocycles. The van der Waals surface area contributed by atoms with E-state index >= 15 is 0 Å². The van der Waals surface area contributed by atoms with E-state index < -0.39 is 0 Å². The first-order chi connectivity index (χ1) is 13.5. The molecule has 0 atom stereocenters. The third kappa shape index (κ3) is 3.87. The number of hydrogen-bond acceptors (Lipinski definition) is 4. The van der Waals surface area contributed by atoms with Crippen LogP contribution in [0.5, 0.6) is 0 Å². The van der Waals surface area contributed by atoms with Crippen molar-refractivity contribution in [3.05, 3.63) is 76.3 Å². The molecule has 9 heteroatoms. The van der Waals surface area contributed by atoms with Crippen LogP contribution in [0, 0.1) is 5.82 Å². The third-order valence-electron chi connectivity index (χ3n) is 4.09. The maximum Gasteiger partial charge on any atom is 0.261 e. The van der Waals surface area contributed by atoms with Crippen LogP contribution in [0.4, 0.5) is 9.52 Å². The molecule has 0 N–H and O–H groups in total. The molecule has 142 valence electrons. The zero-order valence-electron chi connectivity index (χ0n) is 14.3. The largest absolute Gasteiger partial charge is 0.282 e. The van der Waals surface area contributed by atoms with Crippen LogP contribution in [0.15, 0.2) is 54.9 Å². The van der Waals surface area contributed by atoms with Gasteiger partial charge in [-0.25, -0.2) is 9.37 Å². The molecule has 2 heterocycles. The Labute approximate surface area is 173 Å². The van der Waals surface area contributed by atoms with Gasteiger partial charge >= 0.3 is 0 Å². The van der Waals surface area contributed by atoms with E-state index in [0.29, 0.717) is 38.5 Å². The van der Waals surface area contributed by atoms with Crippen molar-refractivity contribution < 1.29 is 9.18 Å². The molecule has 0 radical (unpaired) electrons. The summed E-state index contributed by atoms with van der Waals surface area (Å²) < 4.78 is 15.9. The summed E-state index contributed by atoms with van der Waals surface area (Å²) >= 11 is 13.5. The van der Waals surface area contributed by atoms with Crippen LogP contribution >= 0.6 is 34.5 Å². The Morgan fingerprint density at radius 3 is 2.86 bits per heavy atom. The summed E-state index contributed by atoms with van der Waals surface area (Å²) in [6.45, 7) is 0.771. The maximum absolute atomic E-state index is 13.6. The van der Waals surface area contributed by atoms with Gasteiger partial charge < -0.3 is 0 Å². The molecule has 0 fully saturated rings. The van der Waals surface area contributed by atoms with Crippen molar-refractivity contribution in [2.24, 2.45) is 0 Å². The minimum Gasteiger partial charge on any atom is -0.282 e. The van der Waals surface area contributed by atoms with Gasteiger partial charge in [-0.1, -0.05) is 34.5 Å². The highest BCUT2D eigenvalue weighted by molar-refractivity contribution is 7.22. The highest BCUT2D eigenvalue weighted by atomic mass is 35.5. The number of fused-ring (bicyclic) bond motifs is 1. The number of aromatic nitrogens is 3. The number of rotatable bonds is 5. The smallest absolute Gasteiger partial charge is 0.261 e. The minimum absolute atomic E-state index is 0.278. The first kappa shape index (κ1) is 18.9. The fourth-order valence-electron chi connectivity index (χ4n) is 2.73. The van der Waals surface area contributed by atoms with Crippen molar-refractivity contribution in [2.75, 3.05) is 11.4 Å². The summed E-state index contributed by atoms with van der Waals surface area (Å²) in [7, 11) is 0. The molecule has 0 aliphatic rings. The standard InChI is InChI=1S/C19H13Cl2FN4OS/c20-12-2-4-15(21)14(10-12)18(27)26(9-8-25-7-1-6-23-25)19-24-16-5-3-13(22)11-17(16)28-19/h1-7,10-11H,8-9H2. The zero-order chi connectivity index (χ0) is 19.7. The van der Waals surface area contributed by atoms with Crippen molar-refractivity contribution in [2.45, 2.75) is 6.54 Å². The average Bonchev–Trinajstić information content (AvgIpc) is 3.33. The SMILES string of the molecule is O=C(c1cc(Cl)ccc1Cl)N(CCn1cccn1)c1nc2ccc(F)cc2s1. The maximum atomic E-state index is 13.6. The average molecular weight is 435 g/mol. The van der Waals surface area contributed by atoms with Crippen LogP contribution in [-0.2, 0) is 6.54 Å². The number of carbonyl (C=O) groups is 1. The van der Waals surface area contributed by atoms with Crippen molar-refractivity contribution in [1.82, 2.24) is 14.8 Å². The molecule has 4 aromatic rings.